The molecule has 0 unspecified atom stereocenters. The molecule has 0 aromatic carbocycles. The van der Waals surface area contributed by atoms with Crippen LogP contribution >= 0.6 is 0 Å². The summed E-state index contributed by atoms with van der Waals surface area (Å²) in [5.41, 5.74) is 0.991. The number of nitrogens with zero attached hydrogens (tertiary/aromatic N) is 4. The summed E-state index contributed by atoms with van der Waals surface area (Å²) in [6.45, 7) is 2.22. The molecule has 2 aromatic heterocycles. The van der Waals surface area contributed by atoms with Gasteiger partial charge in [-0.2, -0.15) is 5.10 Å². The molecule has 1 saturated heterocycles. The highest BCUT2D eigenvalue weighted by atomic mass is 16.5. The maximum absolute atomic E-state index is 5.71. The van der Waals surface area contributed by atoms with Gasteiger partial charge in [-0.1, -0.05) is 0 Å². The molecule has 3 rings (SSSR count). The van der Waals surface area contributed by atoms with E-state index in [2.05, 4.69) is 25.1 Å². The van der Waals surface area contributed by atoms with E-state index in [1.165, 1.54) is 0 Å². The minimum absolute atomic E-state index is 0.00931. The van der Waals surface area contributed by atoms with Crippen molar-refractivity contribution in [1.82, 2.24) is 20.2 Å². The van der Waals surface area contributed by atoms with E-state index in [4.69, 9.17) is 4.74 Å². The van der Waals surface area contributed by atoms with Gasteiger partial charge in [-0.15, -0.1) is 0 Å². The summed E-state index contributed by atoms with van der Waals surface area (Å²) in [6.07, 6.45) is 5.25. The summed E-state index contributed by atoms with van der Waals surface area (Å²) < 4.78 is 5.71. The average molecular weight is 231 g/mol. The van der Waals surface area contributed by atoms with Crippen molar-refractivity contribution >= 4 is 5.95 Å². The Labute approximate surface area is 98.7 Å². The van der Waals surface area contributed by atoms with Gasteiger partial charge in [-0.05, 0) is 12.1 Å². The van der Waals surface area contributed by atoms with E-state index in [1.54, 1.807) is 18.6 Å². The predicted octanol–water partition coefficient (Wildman–Crippen LogP) is 0.778. The second kappa shape index (κ2) is 4.50. The van der Waals surface area contributed by atoms with Gasteiger partial charge in [0.05, 0.1) is 18.8 Å². The van der Waals surface area contributed by atoms with Crippen LogP contribution in [0.1, 0.15) is 11.8 Å². The zero-order valence-corrected chi connectivity index (χ0v) is 9.28. The molecule has 0 radical (unpaired) electrons. The van der Waals surface area contributed by atoms with E-state index in [0.29, 0.717) is 6.61 Å². The van der Waals surface area contributed by atoms with Crippen molar-refractivity contribution in [2.75, 3.05) is 24.6 Å². The number of aromatic amines is 1. The normalized spacial score (nSPS) is 20.5. The van der Waals surface area contributed by atoms with Gasteiger partial charge >= 0.3 is 0 Å². The molecule has 1 fully saturated rings. The summed E-state index contributed by atoms with van der Waals surface area (Å²) in [6, 6.07) is 3.75. The van der Waals surface area contributed by atoms with Crippen molar-refractivity contribution in [2.24, 2.45) is 0 Å². The fourth-order valence-electron chi connectivity index (χ4n) is 1.92. The third-order valence-corrected chi connectivity index (χ3v) is 2.77. The number of morpholine rings is 1. The lowest BCUT2D eigenvalue weighted by atomic mass is 10.2. The van der Waals surface area contributed by atoms with E-state index in [0.717, 1.165) is 24.7 Å². The first-order valence-electron chi connectivity index (χ1n) is 5.56. The molecule has 0 saturated carbocycles. The monoisotopic (exact) mass is 231 g/mol. The number of aromatic nitrogens is 4. The summed E-state index contributed by atoms with van der Waals surface area (Å²) in [4.78, 5) is 10.6. The first-order valence-corrected chi connectivity index (χ1v) is 5.56. The molecule has 1 N–H and O–H groups in total. The second-order valence-electron chi connectivity index (χ2n) is 3.87. The van der Waals surface area contributed by atoms with Crippen LogP contribution in [0.5, 0.6) is 0 Å². The van der Waals surface area contributed by atoms with Gasteiger partial charge in [-0.25, -0.2) is 9.97 Å². The lowest BCUT2D eigenvalue weighted by Crippen LogP contribution is -2.39. The molecule has 17 heavy (non-hydrogen) atoms. The Balaban J connectivity index is 1.76. The van der Waals surface area contributed by atoms with Gasteiger partial charge < -0.3 is 9.64 Å². The summed E-state index contributed by atoms with van der Waals surface area (Å²) in [7, 11) is 0. The van der Waals surface area contributed by atoms with Crippen molar-refractivity contribution in [1.29, 1.82) is 0 Å². The van der Waals surface area contributed by atoms with Crippen LogP contribution in [0.2, 0.25) is 0 Å². The predicted molar refractivity (Wildman–Crippen MR) is 61.5 cm³/mol. The third-order valence-electron chi connectivity index (χ3n) is 2.77. The smallest absolute Gasteiger partial charge is 0.225 e. The molecule has 6 heteroatoms. The Kier molecular flexibility index (Phi) is 2.71. The number of anilines is 1. The zero-order chi connectivity index (χ0) is 11.5. The zero-order valence-electron chi connectivity index (χ0n) is 9.28. The lowest BCUT2D eigenvalue weighted by Gasteiger charge is -2.32. The molecule has 1 aliphatic rings. The maximum Gasteiger partial charge on any atom is 0.225 e. The Morgan fingerprint density at radius 2 is 2.18 bits per heavy atom. The first-order chi connectivity index (χ1) is 8.43. The van der Waals surface area contributed by atoms with E-state index in [-0.39, 0.29) is 6.10 Å². The molecule has 1 aliphatic heterocycles. The third kappa shape index (κ3) is 2.12. The van der Waals surface area contributed by atoms with E-state index in [9.17, 15) is 0 Å². The van der Waals surface area contributed by atoms with Crippen LogP contribution in [0.4, 0.5) is 5.95 Å². The van der Waals surface area contributed by atoms with Gasteiger partial charge in [0.15, 0.2) is 0 Å². The molecule has 0 amide bonds. The van der Waals surface area contributed by atoms with Crippen LogP contribution in [-0.2, 0) is 4.74 Å². The highest BCUT2D eigenvalue weighted by Gasteiger charge is 2.24. The number of hydrogen-bond acceptors (Lipinski definition) is 5. The quantitative estimate of drug-likeness (QED) is 0.827. The fraction of sp³-hybridized carbons (Fsp3) is 0.364. The molecule has 0 aliphatic carbocycles. The molecule has 88 valence electrons. The van der Waals surface area contributed by atoms with Crippen LogP contribution in [-0.4, -0.2) is 39.9 Å². The van der Waals surface area contributed by atoms with E-state index in [1.807, 2.05) is 12.1 Å². The average Bonchev–Trinajstić information content (AvgIpc) is 2.94. The number of ether oxygens (including phenoxy) is 1. The Bertz CT molecular complexity index is 458. The largest absolute Gasteiger partial charge is 0.368 e. The van der Waals surface area contributed by atoms with Gasteiger partial charge in [0.2, 0.25) is 5.95 Å². The highest BCUT2D eigenvalue weighted by molar-refractivity contribution is 5.30. The summed E-state index contributed by atoms with van der Waals surface area (Å²) in [5.74, 6) is 0.750. The molecular weight excluding hydrogens is 218 g/mol. The number of hydrogen-bond donors (Lipinski definition) is 1. The van der Waals surface area contributed by atoms with Crippen LogP contribution in [0.3, 0.4) is 0 Å². The Morgan fingerprint density at radius 3 is 2.94 bits per heavy atom. The molecule has 3 heterocycles. The van der Waals surface area contributed by atoms with E-state index >= 15 is 0 Å². The van der Waals surface area contributed by atoms with Crippen LogP contribution in [0.15, 0.2) is 30.7 Å². The molecule has 0 spiro atoms. The first kappa shape index (κ1) is 10.2. The van der Waals surface area contributed by atoms with Gasteiger partial charge in [-0.3, -0.25) is 5.10 Å². The number of nitrogens with one attached hydrogen (secondary N) is 1. The van der Waals surface area contributed by atoms with Crippen molar-refractivity contribution in [2.45, 2.75) is 6.10 Å². The molecule has 6 nitrogen and oxygen atoms in total. The molecule has 2 aromatic rings. The minimum Gasteiger partial charge on any atom is -0.368 e. The standard InChI is InChI=1S/C11H13N5O/c1-3-12-11(13-4-1)16-6-7-17-10(8-16)9-2-5-14-15-9/h1-5,10H,6-8H2,(H,14,15)/t10-/m1/s1. The van der Waals surface area contributed by atoms with Crippen molar-refractivity contribution < 1.29 is 4.74 Å². The maximum atomic E-state index is 5.71. The second-order valence-corrected chi connectivity index (χ2v) is 3.87. The summed E-state index contributed by atoms with van der Waals surface area (Å²) >= 11 is 0. The highest BCUT2D eigenvalue weighted by Crippen LogP contribution is 2.22. The topological polar surface area (TPSA) is 66.9 Å². The number of rotatable bonds is 2. The van der Waals surface area contributed by atoms with Gasteiger partial charge in [0, 0.05) is 25.1 Å². The summed E-state index contributed by atoms with van der Waals surface area (Å²) in [5, 5.41) is 6.88. The van der Waals surface area contributed by atoms with Crippen LogP contribution in [0, 0.1) is 0 Å². The van der Waals surface area contributed by atoms with Gasteiger partial charge in [0.25, 0.3) is 0 Å². The Morgan fingerprint density at radius 1 is 1.29 bits per heavy atom. The van der Waals surface area contributed by atoms with E-state index < -0.39 is 0 Å². The molecule has 1 atom stereocenters. The number of H-pyrrole nitrogens is 1. The molecule has 0 bridgehead atoms. The van der Waals surface area contributed by atoms with Crippen LogP contribution in [0.25, 0.3) is 0 Å². The Hall–Kier alpha value is -1.95. The van der Waals surface area contributed by atoms with Crippen LogP contribution < -0.4 is 4.90 Å². The SMILES string of the molecule is c1cnc(N2CCO[C@@H](c3ccn[nH]3)C2)nc1. The van der Waals surface area contributed by atoms with Crippen molar-refractivity contribution in [3.8, 4) is 0 Å². The minimum atomic E-state index is 0.00931. The van der Waals surface area contributed by atoms with Crippen molar-refractivity contribution in [3.05, 3.63) is 36.4 Å². The van der Waals surface area contributed by atoms with Crippen molar-refractivity contribution in [3.63, 3.8) is 0 Å². The fourth-order valence-corrected chi connectivity index (χ4v) is 1.92. The molecular formula is C11H13N5O. The van der Waals surface area contributed by atoms with Gasteiger partial charge in [0.1, 0.15) is 6.10 Å². The lowest BCUT2D eigenvalue weighted by molar-refractivity contribution is 0.0364.